The van der Waals surface area contributed by atoms with Gasteiger partial charge in [-0.05, 0) is 29.8 Å². The van der Waals surface area contributed by atoms with Crippen molar-refractivity contribution in [3.63, 3.8) is 0 Å². The summed E-state index contributed by atoms with van der Waals surface area (Å²) in [5.74, 6) is -1.56. The molecule has 6 nitrogen and oxygen atoms in total. The van der Waals surface area contributed by atoms with E-state index in [4.69, 9.17) is 0 Å². The molecule has 9 heteroatoms. The number of nitrogens with zero attached hydrogens (tertiary/aromatic N) is 4. The SMILES string of the molecule is CN(C)C(=O)c1ccc(N(c2ncc(F)c(NCc3ccccc3)n2)C(F)F)cc1. The summed E-state index contributed by atoms with van der Waals surface area (Å²) in [6, 6.07) is 14.8. The Hall–Kier alpha value is -3.62. The highest BCUT2D eigenvalue weighted by molar-refractivity contribution is 5.94. The highest BCUT2D eigenvalue weighted by Gasteiger charge is 2.23. The van der Waals surface area contributed by atoms with Crippen LogP contribution in [-0.2, 0) is 6.54 Å². The van der Waals surface area contributed by atoms with Crippen LogP contribution in [0, 0.1) is 5.82 Å². The topological polar surface area (TPSA) is 61.4 Å². The second-order valence-electron chi connectivity index (χ2n) is 6.60. The van der Waals surface area contributed by atoms with E-state index in [1.165, 1.54) is 29.2 Å². The number of carbonyl (C=O) groups excluding carboxylic acids is 1. The van der Waals surface area contributed by atoms with E-state index in [2.05, 4.69) is 15.3 Å². The van der Waals surface area contributed by atoms with Gasteiger partial charge >= 0.3 is 6.55 Å². The van der Waals surface area contributed by atoms with Crippen molar-refractivity contribution < 1.29 is 18.0 Å². The molecule has 0 aliphatic rings. The van der Waals surface area contributed by atoms with Crippen LogP contribution in [0.25, 0.3) is 0 Å². The highest BCUT2D eigenvalue weighted by atomic mass is 19.3. The van der Waals surface area contributed by atoms with Gasteiger partial charge in [0, 0.05) is 31.9 Å². The molecule has 0 fully saturated rings. The van der Waals surface area contributed by atoms with E-state index in [9.17, 15) is 18.0 Å². The zero-order valence-corrected chi connectivity index (χ0v) is 16.4. The third-order valence-electron chi connectivity index (χ3n) is 4.24. The van der Waals surface area contributed by atoms with Crippen molar-refractivity contribution in [1.82, 2.24) is 14.9 Å². The van der Waals surface area contributed by atoms with Gasteiger partial charge in [0.1, 0.15) is 0 Å². The van der Waals surface area contributed by atoms with Crippen LogP contribution in [-0.4, -0.2) is 41.4 Å². The molecule has 2 aromatic carbocycles. The first-order valence-corrected chi connectivity index (χ1v) is 9.06. The molecule has 0 aliphatic heterocycles. The number of alkyl halides is 2. The predicted octanol–water partition coefficient (Wildman–Crippen LogP) is 4.29. The second kappa shape index (κ2) is 9.25. The van der Waals surface area contributed by atoms with Gasteiger partial charge in [0.15, 0.2) is 11.6 Å². The summed E-state index contributed by atoms with van der Waals surface area (Å²) < 4.78 is 41.7. The van der Waals surface area contributed by atoms with Crippen molar-refractivity contribution in [2.45, 2.75) is 13.1 Å². The summed E-state index contributed by atoms with van der Waals surface area (Å²) in [6.45, 7) is -2.71. The van der Waals surface area contributed by atoms with Gasteiger partial charge in [-0.1, -0.05) is 30.3 Å². The normalized spacial score (nSPS) is 10.7. The molecule has 0 aliphatic carbocycles. The number of rotatable bonds is 7. The zero-order chi connectivity index (χ0) is 21.7. The van der Waals surface area contributed by atoms with Crippen molar-refractivity contribution >= 4 is 23.4 Å². The molecule has 30 heavy (non-hydrogen) atoms. The van der Waals surface area contributed by atoms with Crippen LogP contribution in [0.4, 0.5) is 30.6 Å². The maximum absolute atomic E-state index is 14.1. The highest BCUT2D eigenvalue weighted by Crippen LogP contribution is 2.28. The minimum absolute atomic E-state index is 0.0703. The molecule has 1 N–H and O–H groups in total. The first-order valence-electron chi connectivity index (χ1n) is 9.06. The Morgan fingerprint density at radius 1 is 1.07 bits per heavy atom. The molecule has 1 aromatic heterocycles. The molecular weight excluding hydrogens is 395 g/mol. The quantitative estimate of drug-likeness (QED) is 0.584. The Bertz CT molecular complexity index is 997. The average molecular weight is 415 g/mol. The van der Waals surface area contributed by atoms with Crippen molar-refractivity contribution in [2.24, 2.45) is 0 Å². The van der Waals surface area contributed by atoms with Crippen LogP contribution < -0.4 is 10.2 Å². The number of halogens is 3. The summed E-state index contributed by atoms with van der Waals surface area (Å²) >= 11 is 0. The second-order valence-corrected chi connectivity index (χ2v) is 6.60. The molecule has 0 unspecified atom stereocenters. The fraction of sp³-hybridized carbons (Fsp3) is 0.190. The zero-order valence-electron chi connectivity index (χ0n) is 16.4. The molecule has 0 saturated carbocycles. The van der Waals surface area contributed by atoms with Gasteiger partial charge in [0.2, 0.25) is 5.95 Å². The van der Waals surface area contributed by atoms with E-state index < -0.39 is 12.4 Å². The van der Waals surface area contributed by atoms with Crippen molar-refractivity contribution in [3.8, 4) is 0 Å². The van der Waals surface area contributed by atoms with E-state index in [1.54, 1.807) is 14.1 Å². The first kappa shape index (κ1) is 21.1. The summed E-state index contributed by atoms with van der Waals surface area (Å²) in [7, 11) is 3.19. The Kier molecular flexibility index (Phi) is 6.51. The summed E-state index contributed by atoms with van der Waals surface area (Å²) in [5.41, 5.74) is 1.30. The van der Waals surface area contributed by atoms with Crippen LogP contribution in [0.1, 0.15) is 15.9 Å². The van der Waals surface area contributed by atoms with Gasteiger partial charge in [-0.25, -0.2) is 9.37 Å². The lowest BCUT2D eigenvalue weighted by molar-refractivity contribution is 0.0827. The van der Waals surface area contributed by atoms with Gasteiger partial charge in [-0.2, -0.15) is 13.8 Å². The number of anilines is 3. The van der Waals surface area contributed by atoms with E-state index in [0.29, 0.717) is 10.5 Å². The number of nitrogens with one attached hydrogen (secondary N) is 1. The average Bonchev–Trinajstić information content (AvgIpc) is 2.74. The summed E-state index contributed by atoms with van der Waals surface area (Å²) in [5, 5.41) is 2.80. The largest absolute Gasteiger partial charge is 0.363 e. The number of aromatic nitrogens is 2. The molecule has 3 rings (SSSR count). The third kappa shape index (κ3) is 4.86. The van der Waals surface area contributed by atoms with Crippen molar-refractivity contribution in [2.75, 3.05) is 24.3 Å². The van der Waals surface area contributed by atoms with Gasteiger partial charge in [0.25, 0.3) is 5.91 Å². The van der Waals surface area contributed by atoms with Crippen LogP contribution in [0.2, 0.25) is 0 Å². The van der Waals surface area contributed by atoms with Crippen LogP contribution in [0.15, 0.2) is 60.8 Å². The monoisotopic (exact) mass is 415 g/mol. The van der Waals surface area contributed by atoms with E-state index in [1.807, 2.05) is 30.3 Å². The van der Waals surface area contributed by atoms with Crippen LogP contribution in [0.3, 0.4) is 0 Å². The fourth-order valence-electron chi connectivity index (χ4n) is 2.72. The Morgan fingerprint density at radius 3 is 2.33 bits per heavy atom. The number of benzene rings is 2. The molecule has 0 spiro atoms. The summed E-state index contributed by atoms with van der Waals surface area (Å²) in [6.07, 6.45) is 0.842. The number of carbonyl (C=O) groups is 1. The molecule has 1 heterocycles. The molecule has 3 aromatic rings. The lowest BCUT2D eigenvalue weighted by Crippen LogP contribution is -2.26. The Balaban J connectivity index is 1.86. The molecule has 156 valence electrons. The van der Waals surface area contributed by atoms with Gasteiger partial charge in [-0.3, -0.25) is 9.69 Å². The molecule has 0 atom stereocenters. The number of hydrogen-bond donors (Lipinski definition) is 1. The molecule has 0 saturated heterocycles. The maximum atomic E-state index is 14.1. The Morgan fingerprint density at radius 2 is 1.73 bits per heavy atom. The molecule has 0 bridgehead atoms. The minimum Gasteiger partial charge on any atom is -0.363 e. The van der Waals surface area contributed by atoms with Gasteiger partial charge < -0.3 is 10.2 Å². The predicted molar refractivity (Wildman–Crippen MR) is 108 cm³/mol. The van der Waals surface area contributed by atoms with Crippen LogP contribution >= 0.6 is 0 Å². The Labute approximate surface area is 172 Å². The third-order valence-corrected chi connectivity index (χ3v) is 4.24. The lowest BCUT2D eigenvalue weighted by Gasteiger charge is -2.22. The van der Waals surface area contributed by atoms with E-state index in [0.717, 1.165) is 11.8 Å². The van der Waals surface area contributed by atoms with Crippen LogP contribution in [0.5, 0.6) is 0 Å². The van der Waals surface area contributed by atoms with E-state index >= 15 is 0 Å². The van der Waals surface area contributed by atoms with E-state index in [-0.39, 0.29) is 29.9 Å². The first-order chi connectivity index (χ1) is 14.4. The smallest absolute Gasteiger partial charge is 0.321 e. The van der Waals surface area contributed by atoms with Gasteiger partial charge in [0.05, 0.1) is 6.20 Å². The van der Waals surface area contributed by atoms with Crippen molar-refractivity contribution in [3.05, 3.63) is 77.7 Å². The lowest BCUT2D eigenvalue weighted by atomic mass is 10.2. The number of amides is 1. The molecule has 0 radical (unpaired) electrons. The maximum Gasteiger partial charge on any atom is 0.321 e. The summed E-state index contributed by atoms with van der Waals surface area (Å²) in [4.78, 5) is 21.6. The standard InChI is InChI=1S/C21H20F3N5O/c1-28(2)19(30)15-8-10-16(11-9-15)29(20(23)24)21-26-13-17(22)18(27-21)25-12-14-6-4-3-5-7-14/h3-11,13,20H,12H2,1-2H3,(H,25,26,27). The minimum atomic E-state index is -2.98. The number of hydrogen-bond acceptors (Lipinski definition) is 5. The van der Waals surface area contributed by atoms with Crippen molar-refractivity contribution in [1.29, 1.82) is 0 Å². The van der Waals surface area contributed by atoms with Gasteiger partial charge in [-0.15, -0.1) is 0 Å². The molecule has 1 amide bonds. The fourth-order valence-corrected chi connectivity index (χ4v) is 2.72. The molecular formula is C21H20F3N5O.